The first-order chi connectivity index (χ1) is 5.13. The van der Waals surface area contributed by atoms with E-state index in [1.807, 2.05) is 0 Å². The third-order valence-corrected chi connectivity index (χ3v) is 2.25. The van der Waals surface area contributed by atoms with Crippen molar-refractivity contribution in [2.75, 3.05) is 0 Å². The summed E-state index contributed by atoms with van der Waals surface area (Å²) >= 11 is 1.35. The summed E-state index contributed by atoms with van der Waals surface area (Å²) in [5.41, 5.74) is 0.266. The van der Waals surface area contributed by atoms with Gasteiger partial charge in [-0.2, -0.15) is 0 Å². The van der Waals surface area contributed by atoms with Gasteiger partial charge in [0.25, 0.3) is 0 Å². The molecule has 0 aliphatic carbocycles. The van der Waals surface area contributed by atoms with Gasteiger partial charge >= 0.3 is 5.97 Å². The predicted molar refractivity (Wildman–Crippen MR) is 40.5 cm³/mol. The summed E-state index contributed by atoms with van der Waals surface area (Å²) in [5.74, 6) is -1.42. The Morgan fingerprint density at radius 2 is 2.45 bits per heavy atom. The molecule has 0 aliphatic rings. The second-order valence-corrected chi connectivity index (χ2v) is 3.25. The van der Waals surface area contributed by atoms with E-state index in [1.54, 1.807) is 12.3 Å². The number of aliphatic carboxylic acids is 1. The van der Waals surface area contributed by atoms with E-state index in [-0.39, 0.29) is 5.56 Å². The normalized spacial score (nSPS) is 12.9. The number of carboxylic acid groups (broad SMARTS) is 1. The van der Waals surface area contributed by atoms with Crippen molar-refractivity contribution in [3.8, 4) is 0 Å². The highest BCUT2D eigenvalue weighted by Crippen LogP contribution is 2.25. The Kier molecular flexibility index (Phi) is 2.24. The minimum absolute atomic E-state index is 0.266. The van der Waals surface area contributed by atoms with Gasteiger partial charge in [0.05, 0.1) is 0 Å². The van der Waals surface area contributed by atoms with E-state index < -0.39 is 12.1 Å². The topological polar surface area (TPSA) is 37.3 Å². The highest BCUT2D eigenvalue weighted by atomic mass is 32.1. The fourth-order valence-corrected chi connectivity index (χ4v) is 1.52. The van der Waals surface area contributed by atoms with E-state index in [9.17, 15) is 9.18 Å². The van der Waals surface area contributed by atoms with E-state index in [2.05, 4.69) is 0 Å². The van der Waals surface area contributed by atoms with Crippen molar-refractivity contribution >= 4 is 17.3 Å². The van der Waals surface area contributed by atoms with Crippen LogP contribution in [0.2, 0.25) is 0 Å². The summed E-state index contributed by atoms with van der Waals surface area (Å²) in [7, 11) is 0. The van der Waals surface area contributed by atoms with Crippen LogP contribution >= 0.6 is 11.3 Å². The maximum Gasteiger partial charge on any atom is 0.343 e. The van der Waals surface area contributed by atoms with Crippen LogP contribution in [0.25, 0.3) is 0 Å². The Bertz CT molecular complexity index is 269. The van der Waals surface area contributed by atoms with E-state index in [0.717, 1.165) is 4.88 Å². The van der Waals surface area contributed by atoms with Crippen molar-refractivity contribution in [3.05, 3.63) is 21.9 Å². The molecule has 11 heavy (non-hydrogen) atoms. The molecule has 0 saturated heterocycles. The van der Waals surface area contributed by atoms with Crippen LogP contribution in [-0.2, 0) is 4.79 Å². The number of rotatable bonds is 2. The monoisotopic (exact) mass is 174 g/mol. The first kappa shape index (κ1) is 8.20. The van der Waals surface area contributed by atoms with Gasteiger partial charge in [-0.25, -0.2) is 9.18 Å². The van der Waals surface area contributed by atoms with Gasteiger partial charge in [-0.15, -0.1) is 11.3 Å². The molecule has 0 bridgehead atoms. The second kappa shape index (κ2) is 3.00. The van der Waals surface area contributed by atoms with Gasteiger partial charge in [0.15, 0.2) is 0 Å². The number of hydrogen-bond acceptors (Lipinski definition) is 2. The molecule has 1 aromatic rings. The number of thiophene rings is 1. The van der Waals surface area contributed by atoms with Gasteiger partial charge in [0.2, 0.25) is 6.17 Å². The predicted octanol–water partition coefficient (Wildman–Crippen LogP) is 2.15. The van der Waals surface area contributed by atoms with Crippen LogP contribution in [0.15, 0.2) is 11.4 Å². The molecule has 2 nitrogen and oxygen atoms in total. The van der Waals surface area contributed by atoms with Gasteiger partial charge in [0.1, 0.15) is 0 Å². The number of carbonyl (C=O) groups is 1. The third-order valence-electron chi connectivity index (χ3n) is 1.39. The molecule has 0 amide bonds. The van der Waals surface area contributed by atoms with Crippen molar-refractivity contribution in [1.29, 1.82) is 0 Å². The molecular weight excluding hydrogens is 167 g/mol. The van der Waals surface area contributed by atoms with Gasteiger partial charge < -0.3 is 5.11 Å². The van der Waals surface area contributed by atoms with E-state index in [1.165, 1.54) is 17.4 Å². The van der Waals surface area contributed by atoms with Crippen LogP contribution in [0.1, 0.15) is 16.6 Å². The summed E-state index contributed by atoms with van der Waals surface area (Å²) in [5, 5.41) is 9.99. The van der Waals surface area contributed by atoms with Crippen LogP contribution in [0.4, 0.5) is 4.39 Å². The highest BCUT2D eigenvalue weighted by Gasteiger charge is 2.20. The standard InChI is InChI=1S/C7H7FO2S/c1-4-5(2-3-11-4)6(8)7(9)10/h2-3,6H,1H3,(H,9,10). The summed E-state index contributed by atoms with van der Waals surface area (Å²) in [6.45, 7) is 1.70. The molecule has 1 aromatic heterocycles. The first-order valence-corrected chi connectivity index (χ1v) is 3.91. The minimum Gasteiger partial charge on any atom is -0.479 e. The van der Waals surface area contributed by atoms with Crippen molar-refractivity contribution < 1.29 is 14.3 Å². The lowest BCUT2D eigenvalue weighted by Gasteiger charge is -1.99. The Morgan fingerprint density at radius 1 is 1.82 bits per heavy atom. The Labute approximate surface area is 67.3 Å². The van der Waals surface area contributed by atoms with Crippen LogP contribution in [0.5, 0.6) is 0 Å². The van der Waals surface area contributed by atoms with Crippen molar-refractivity contribution in [2.45, 2.75) is 13.1 Å². The van der Waals surface area contributed by atoms with Gasteiger partial charge in [0, 0.05) is 10.4 Å². The summed E-state index contributed by atoms with van der Waals surface area (Å²) in [6.07, 6.45) is -1.87. The molecule has 60 valence electrons. The molecule has 0 saturated carbocycles. The molecule has 1 rings (SSSR count). The van der Waals surface area contributed by atoms with Crippen LogP contribution in [-0.4, -0.2) is 11.1 Å². The molecule has 1 atom stereocenters. The maximum absolute atomic E-state index is 12.8. The van der Waals surface area contributed by atoms with Crippen LogP contribution in [0, 0.1) is 6.92 Å². The Balaban J connectivity index is 2.92. The van der Waals surface area contributed by atoms with Crippen LogP contribution < -0.4 is 0 Å². The van der Waals surface area contributed by atoms with Crippen molar-refractivity contribution in [1.82, 2.24) is 0 Å². The maximum atomic E-state index is 12.8. The van der Waals surface area contributed by atoms with Gasteiger partial charge in [-0.05, 0) is 18.4 Å². The van der Waals surface area contributed by atoms with E-state index >= 15 is 0 Å². The molecule has 0 aromatic carbocycles. The van der Waals surface area contributed by atoms with E-state index in [4.69, 9.17) is 5.11 Å². The van der Waals surface area contributed by atoms with Crippen molar-refractivity contribution in [2.24, 2.45) is 0 Å². The molecule has 1 heterocycles. The third kappa shape index (κ3) is 1.57. The molecule has 4 heteroatoms. The Morgan fingerprint density at radius 3 is 2.82 bits per heavy atom. The summed E-state index contributed by atoms with van der Waals surface area (Å²) < 4.78 is 12.8. The fraction of sp³-hybridized carbons (Fsp3) is 0.286. The molecule has 0 radical (unpaired) electrons. The molecular formula is C7H7FO2S. The number of hydrogen-bond donors (Lipinski definition) is 1. The lowest BCUT2D eigenvalue weighted by Crippen LogP contribution is -2.05. The zero-order valence-corrected chi connectivity index (χ0v) is 6.69. The lowest BCUT2D eigenvalue weighted by molar-refractivity contribution is -0.143. The first-order valence-electron chi connectivity index (χ1n) is 3.04. The van der Waals surface area contributed by atoms with Crippen molar-refractivity contribution in [3.63, 3.8) is 0 Å². The Hall–Kier alpha value is -0.900. The molecule has 0 spiro atoms. The molecule has 0 fully saturated rings. The van der Waals surface area contributed by atoms with Crippen LogP contribution in [0.3, 0.4) is 0 Å². The average molecular weight is 174 g/mol. The largest absolute Gasteiger partial charge is 0.479 e. The quantitative estimate of drug-likeness (QED) is 0.745. The SMILES string of the molecule is Cc1sccc1C(F)C(=O)O. The molecule has 0 aliphatic heterocycles. The number of alkyl halides is 1. The number of carboxylic acids is 1. The average Bonchev–Trinajstić information content (AvgIpc) is 2.33. The summed E-state index contributed by atoms with van der Waals surface area (Å²) in [4.78, 5) is 10.9. The zero-order chi connectivity index (χ0) is 8.43. The zero-order valence-electron chi connectivity index (χ0n) is 5.87. The number of aryl methyl sites for hydroxylation is 1. The fourth-order valence-electron chi connectivity index (χ4n) is 0.791. The van der Waals surface area contributed by atoms with E-state index in [0.29, 0.717) is 0 Å². The molecule has 1 N–H and O–H groups in total. The number of halogens is 1. The van der Waals surface area contributed by atoms with Gasteiger partial charge in [-0.3, -0.25) is 0 Å². The molecule has 1 unspecified atom stereocenters. The second-order valence-electron chi connectivity index (χ2n) is 2.13. The smallest absolute Gasteiger partial charge is 0.343 e. The lowest BCUT2D eigenvalue weighted by atomic mass is 10.2. The van der Waals surface area contributed by atoms with Gasteiger partial charge in [-0.1, -0.05) is 0 Å². The minimum atomic E-state index is -1.87. The summed E-state index contributed by atoms with van der Waals surface area (Å²) in [6, 6.07) is 1.50. The highest BCUT2D eigenvalue weighted by molar-refractivity contribution is 7.10.